The Kier molecular flexibility index (Phi) is 17.9. The normalized spacial score (nSPS) is 11.0. The summed E-state index contributed by atoms with van der Waals surface area (Å²) in [4.78, 5) is 10.3. The van der Waals surface area contributed by atoms with Crippen molar-refractivity contribution in [3.63, 3.8) is 0 Å². The van der Waals surface area contributed by atoms with E-state index in [-0.39, 0.29) is 0 Å². The van der Waals surface area contributed by atoms with Crippen molar-refractivity contribution >= 4 is 5.97 Å². The maximum absolute atomic E-state index is 10.3. The molecule has 22 heavy (non-hydrogen) atoms. The second-order valence-corrected chi connectivity index (χ2v) is 6.05. The first kappa shape index (κ1) is 21.4. The second kappa shape index (κ2) is 18.4. The van der Waals surface area contributed by atoms with Gasteiger partial charge in [0.15, 0.2) is 0 Å². The molecule has 0 heterocycles. The fourth-order valence-electron chi connectivity index (χ4n) is 2.57. The zero-order valence-electron chi connectivity index (χ0n) is 14.5. The van der Waals surface area contributed by atoms with E-state index in [1.165, 1.54) is 64.2 Å². The van der Waals surface area contributed by atoms with Gasteiger partial charge in [-0.25, -0.2) is 0 Å². The number of carboxylic acids is 1. The lowest BCUT2D eigenvalue weighted by Crippen LogP contribution is -1.98. The van der Waals surface area contributed by atoms with Crippen molar-refractivity contribution in [1.29, 1.82) is 0 Å². The molecular formula is C18H36O4. The van der Waals surface area contributed by atoms with Gasteiger partial charge >= 0.3 is 5.97 Å². The first-order valence-electron chi connectivity index (χ1n) is 9.06. The third-order valence-corrected chi connectivity index (χ3v) is 3.88. The Bertz CT molecular complexity index is 231. The van der Waals surface area contributed by atoms with Crippen LogP contribution in [-0.4, -0.2) is 31.6 Å². The predicted octanol–water partition coefficient (Wildman–Crippen LogP) is 5.15. The molecule has 132 valence electrons. The zero-order chi connectivity index (χ0) is 16.3. The number of rotatable bonds is 18. The van der Waals surface area contributed by atoms with Crippen molar-refractivity contribution in [2.24, 2.45) is 0 Å². The maximum atomic E-state index is 10.3. The van der Waals surface area contributed by atoms with Gasteiger partial charge in [0.1, 0.15) is 6.79 Å². The van der Waals surface area contributed by atoms with Crippen LogP contribution in [0, 0.1) is 0 Å². The van der Waals surface area contributed by atoms with Crippen molar-refractivity contribution in [3.05, 3.63) is 0 Å². The number of carbonyl (C=O) groups is 1. The summed E-state index contributed by atoms with van der Waals surface area (Å²) in [5.41, 5.74) is 0. The molecule has 0 amide bonds. The third-order valence-electron chi connectivity index (χ3n) is 3.88. The molecule has 0 aromatic heterocycles. The van der Waals surface area contributed by atoms with Crippen molar-refractivity contribution in [2.75, 3.05) is 20.5 Å². The van der Waals surface area contributed by atoms with Crippen molar-refractivity contribution in [1.82, 2.24) is 0 Å². The topological polar surface area (TPSA) is 55.8 Å². The van der Waals surface area contributed by atoms with Crippen LogP contribution < -0.4 is 0 Å². The van der Waals surface area contributed by atoms with E-state index in [9.17, 15) is 4.79 Å². The van der Waals surface area contributed by atoms with E-state index in [4.69, 9.17) is 14.6 Å². The molecule has 0 saturated heterocycles. The lowest BCUT2D eigenvalue weighted by Gasteiger charge is -2.04. The highest BCUT2D eigenvalue weighted by Crippen LogP contribution is 2.12. The van der Waals surface area contributed by atoms with Gasteiger partial charge in [-0.2, -0.15) is 0 Å². The average Bonchev–Trinajstić information content (AvgIpc) is 2.50. The van der Waals surface area contributed by atoms with E-state index in [0.717, 1.165) is 25.9 Å². The van der Waals surface area contributed by atoms with Crippen LogP contribution in [0.5, 0.6) is 0 Å². The molecule has 4 nitrogen and oxygen atoms in total. The smallest absolute Gasteiger partial charge is 0.303 e. The number of carboxylic acid groups (broad SMARTS) is 1. The fourth-order valence-corrected chi connectivity index (χ4v) is 2.57. The number of hydrogen-bond acceptors (Lipinski definition) is 3. The van der Waals surface area contributed by atoms with Gasteiger partial charge < -0.3 is 14.6 Å². The third kappa shape index (κ3) is 19.4. The monoisotopic (exact) mass is 316 g/mol. The summed E-state index contributed by atoms with van der Waals surface area (Å²) in [7, 11) is 1.65. The minimum atomic E-state index is -0.664. The van der Waals surface area contributed by atoms with Crippen molar-refractivity contribution in [3.8, 4) is 0 Å². The van der Waals surface area contributed by atoms with Crippen LogP contribution >= 0.6 is 0 Å². The summed E-state index contributed by atoms with van der Waals surface area (Å²) >= 11 is 0. The first-order valence-corrected chi connectivity index (χ1v) is 9.06. The highest BCUT2D eigenvalue weighted by atomic mass is 16.7. The molecule has 0 aromatic rings. The fraction of sp³-hybridized carbons (Fsp3) is 0.944. The Labute approximate surface area is 136 Å². The van der Waals surface area contributed by atoms with Crippen LogP contribution in [0.4, 0.5) is 0 Å². The number of ether oxygens (including phenoxy) is 2. The lowest BCUT2D eigenvalue weighted by molar-refractivity contribution is -0.137. The summed E-state index contributed by atoms with van der Waals surface area (Å²) in [6.07, 6.45) is 16.5. The molecule has 0 fully saturated rings. The summed E-state index contributed by atoms with van der Waals surface area (Å²) in [6, 6.07) is 0. The van der Waals surface area contributed by atoms with Crippen LogP contribution in [0.1, 0.15) is 89.9 Å². The molecule has 0 aliphatic heterocycles. The number of unbranched alkanes of at least 4 members (excludes halogenated alkanes) is 12. The Morgan fingerprint density at radius 1 is 0.727 bits per heavy atom. The van der Waals surface area contributed by atoms with Gasteiger partial charge in [-0.15, -0.1) is 0 Å². The molecule has 1 N–H and O–H groups in total. The first-order chi connectivity index (χ1) is 10.8. The molecule has 0 unspecified atom stereocenters. The van der Waals surface area contributed by atoms with Crippen LogP contribution in [0.15, 0.2) is 0 Å². The molecule has 0 saturated carbocycles. The number of methoxy groups -OCH3 is 1. The van der Waals surface area contributed by atoms with Gasteiger partial charge in [0.25, 0.3) is 0 Å². The van der Waals surface area contributed by atoms with E-state index < -0.39 is 5.97 Å². The highest BCUT2D eigenvalue weighted by Gasteiger charge is 1.97. The maximum Gasteiger partial charge on any atom is 0.303 e. The van der Waals surface area contributed by atoms with Crippen LogP contribution in [-0.2, 0) is 14.3 Å². The number of aliphatic carboxylic acids is 1. The zero-order valence-corrected chi connectivity index (χ0v) is 14.5. The molecular weight excluding hydrogens is 280 g/mol. The Morgan fingerprint density at radius 3 is 1.55 bits per heavy atom. The van der Waals surface area contributed by atoms with Crippen LogP contribution in [0.25, 0.3) is 0 Å². The van der Waals surface area contributed by atoms with Gasteiger partial charge in [0.05, 0.1) is 0 Å². The molecule has 0 rings (SSSR count). The Hall–Kier alpha value is -0.610. The number of hydrogen-bond donors (Lipinski definition) is 1. The van der Waals surface area contributed by atoms with E-state index in [0.29, 0.717) is 13.2 Å². The van der Waals surface area contributed by atoms with Gasteiger partial charge in [0.2, 0.25) is 0 Å². The summed E-state index contributed by atoms with van der Waals surface area (Å²) in [5, 5.41) is 8.53. The SMILES string of the molecule is COCOCCCCCCCCCCCCCCCC(=O)O. The summed E-state index contributed by atoms with van der Waals surface area (Å²) < 4.78 is 10.1. The quantitative estimate of drug-likeness (QED) is 0.280. The largest absolute Gasteiger partial charge is 0.481 e. The molecule has 0 bridgehead atoms. The Morgan fingerprint density at radius 2 is 1.14 bits per heavy atom. The molecule has 0 aromatic carbocycles. The molecule has 0 spiro atoms. The highest BCUT2D eigenvalue weighted by molar-refractivity contribution is 5.66. The molecule has 0 aliphatic rings. The van der Waals surface area contributed by atoms with E-state index in [2.05, 4.69) is 0 Å². The molecule has 0 radical (unpaired) electrons. The summed E-state index contributed by atoms with van der Waals surface area (Å²) in [5.74, 6) is -0.664. The van der Waals surface area contributed by atoms with Crippen molar-refractivity contribution in [2.45, 2.75) is 89.9 Å². The van der Waals surface area contributed by atoms with Crippen molar-refractivity contribution < 1.29 is 19.4 Å². The minimum Gasteiger partial charge on any atom is -0.481 e. The van der Waals surface area contributed by atoms with E-state index in [1.54, 1.807) is 7.11 Å². The van der Waals surface area contributed by atoms with Crippen LogP contribution in [0.3, 0.4) is 0 Å². The van der Waals surface area contributed by atoms with Gasteiger partial charge in [0, 0.05) is 20.1 Å². The average molecular weight is 316 g/mol. The molecule has 0 aliphatic carbocycles. The standard InChI is InChI=1S/C18H36O4/c1-21-17-22-16-14-12-10-8-6-4-2-3-5-7-9-11-13-15-18(19)20/h2-17H2,1H3,(H,19,20). The molecule has 0 atom stereocenters. The lowest BCUT2D eigenvalue weighted by atomic mass is 10.0. The second-order valence-electron chi connectivity index (χ2n) is 6.05. The van der Waals surface area contributed by atoms with Crippen LogP contribution in [0.2, 0.25) is 0 Å². The van der Waals surface area contributed by atoms with Gasteiger partial charge in [-0.3, -0.25) is 4.79 Å². The van der Waals surface area contributed by atoms with Gasteiger partial charge in [-0.05, 0) is 12.8 Å². The Balaban J connectivity index is 2.95. The predicted molar refractivity (Wildman–Crippen MR) is 90.1 cm³/mol. The summed E-state index contributed by atoms with van der Waals surface area (Å²) in [6.45, 7) is 1.24. The van der Waals surface area contributed by atoms with Gasteiger partial charge in [-0.1, -0.05) is 70.6 Å². The van der Waals surface area contributed by atoms with E-state index in [1.807, 2.05) is 0 Å². The minimum absolute atomic E-state index is 0.332. The van der Waals surface area contributed by atoms with E-state index >= 15 is 0 Å². The molecule has 4 heteroatoms.